The van der Waals surface area contributed by atoms with Gasteiger partial charge in [-0.25, -0.2) is 8.78 Å². The van der Waals surface area contributed by atoms with Gasteiger partial charge < -0.3 is 15.5 Å². The summed E-state index contributed by atoms with van der Waals surface area (Å²) in [7, 11) is 5.98. The van der Waals surface area contributed by atoms with Crippen molar-refractivity contribution in [2.75, 3.05) is 46.8 Å². The summed E-state index contributed by atoms with van der Waals surface area (Å²) >= 11 is 0. The molecule has 0 spiro atoms. The van der Waals surface area contributed by atoms with Crippen LogP contribution in [0.3, 0.4) is 0 Å². The first-order chi connectivity index (χ1) is 12.9. The highest BCUT2D eigenvalue weighted by Gasteiger charge is 2.22. The lowest BCUT2D eigenvalue weighted by Gasteiger charge is -2.33. The minimum atomic E-state index is -2.26. The van der Waals surface area contributed by atoms with Crippen LogP contribution in [0.4, 0.5) is 8.78 Å². The van der Waals surface area contributed by atoms with E-state index in [1.165, 1.54) is 0 Å². The van der Waals surface area contributed by atoms with Gasteiger partial charge in [0.1, 0.15) is 0 Å². The molecular weight excluding hydrogens is 352 g/mol. The zero-order chi connectivity index (χ0) is 19.8. The van der Waals surface area contributed by atoms with Crippen LogP contribution in [-0.4, -0.2) is 84.8 Å². The van der Waals surface area contributed by atoms with Crippen LogP contribution in [0.5, 0.6) is 0 Å². The van der Waals surface area contributed by atoms with Gasteiger partial charge in [0.2, 0.25) is 0 Å². The van der Waals surface area contributed by atoms with Gasteiger partial charge in [0.25, 0.3) is 6.43 Å². The van der Waals surface area contributed by atoms with E-state index in [0.717, 1.165) is 30.9 Å². The largest absolute Gasteiger partial charge is 0.357 e. The van der Waals surface area contributed by atoms with E-state index >= 15 is 0 Å². The van der Waals surface area contributed by atoms with E-state index in [4.69, 9.17) is 4.99 Å². The van der Waals surface area contributed by atoms with Crippen molar-refractivity contribution in [1.29, 1.82) is 0 Å². The summed E-state index contributed by atoms with van der Waals surface area (Å²) in [6.07, 6.45) is 3.32. The number of guanidine groups is 1. The Morgan fingerprint density at radius 3 is 2.59 bits per heavy atom. The second-order valence-corrected chi connectivity index (χ2v) is 7.26. The Hall–Kier alpha value is -1.74. The third-order valence-corrected chi connectivity index (χ3v) is 4.82. The molecule has 0 aliphatic carbocycles. The van der Waals surface area contributed by atoms with Gasteiger partial charge in [0, 0.05) is 44.5 Å². The number of aryl methyl sites for hydroxylation is 1. The van der Waals surface area contributed by atoms with Gasteiger partial charge in [-0.2, -0.15) is 5.10 Å². The molecule has 0 amide bonds. The van der Waals surface area contributed by atoms with E-state index in [1.54, 1.807) is 4.68 Å². The molecule has 154 valence electrons. The lowest BCUT2D eigenvalue weighted by atomic mass is 10.1. The van der Waals surface area contributed by atoms with Gasteiger partial charge in [-0.1, -0.05) is 0 Å². The topological polar surface area (TPSA) is 60.7 Å². The number of piperidine rings is 1. The molecule has 0 bridgehead atoms. The molecule has 1 saturated heterocycles. The molecule has 1 aliphatic heterocycles. The second-order valence-electron chi connectivity index (χ2n) is 7.26. The number of rotatable bonds is 8. The maximum atomic E-state index is 12.5. The van der Waals surface area contributed by atoms with Crippen LogP contribution in [0.15, 0.2) is 17.4 Å². The quantitative estimate of drug-likeness (QED) is 0.522. The van der Waals surface area contributed by atoms with E-state index in [1.807, 2.05) is 45.4 Å². The minimum absolute atomic E-state index is 0.128. The zero-order valence-corrected chi connectivity index (χ0v) is 16.8. The number of likely N-dealkylation sites (tertiary alicyclic amines) is 1. The highest BCUT2D eigenvalue weighted by molar-refractivity contribution is 5.80. The van der Waals surface area contributed by atoms with Gasteiger partial charge in [-0.15, -0.1) is 0 Å². The Morgan fingerprint density at radius 1 is 1.37 bits per heavy atom. The van der Waals surface area contributed by atoms with E-state index in [2.05, 4.69) is 20.6 Å². The van der Waals surface area contributed by atoms with E-state index in [-0.39, 0.29) is 18.6 Å². The van der Waals surface area contributed by atoms with Crippen molar-refractivity contribution >= 4 is 5.96 Å². The number of aliphatic imine (C=N–C) groups is 1. The first-order valence-electron chi connectivity index (χ1n) is 9.59. The maximum Gasteiger partial charge on any atom is 0.251 e. The van der Waals surface area contributed by atoms with Crippen LogP contribution in [-0.2, 0) is 7.05 Å². The molecule has 27 heavy (non-hydrogen) atoms. The molecule has 1 unspecified atom stereocenters. The van der Waals surface area contributed by atoms with Crippen molar-refractivity contribution in [2.24, 2.45) is 12.0 Å². The number of aromatic nitrogens is 2. The molecule has 1 aromatic rings. The third-order valence-electron chi connectivity index (χ3n) is 4.82. The average molecular weight is 386 g/mol. The molecule has 2 N–H and O–H groups in total. The Morgan fingerprint density at radius 2 is 2.07 bits per heavy atom. The lowest BCUT2D eigenvalue weighted by molar-refractivity contribution is 0.0744. The molecular formula is C18H33F2N7. The van der Waals surface area contributed by atoms with Crippen LogP contribution in [0, 0.1) is 0 Å². The molecule has 7 nitrogen and oxygen atoms in total. The van der Waals surface area contributed by atoms with Crippen molar-refractivity contribution in [3.63, 3.8) is 0 Å². The predicted molar refractivity (Wildman–Crippen MR) is 104 cm³/mol. The monoisotopic (exact) mass is 385 g/mol. The average Bonchev–Trinajstić information content (AvgIpc) is 3.02. The fourth-order valence-corrected chi connectivity index (χ4v) is 3.33. The number of hydrogen-bond donors (Lipinski definition) is 2. The maximum absolute atomic E-state index is 12.5. The number of nitrogens with one attached hydrogen (secondary N) is 2. The van der Waals surface area contributed by atoms with Gasteiger partial charge >= 0.3 is 0 Å². The summed E-state index contributed by atoms with van der Waals surface area (Å²) in [5, 5.41) is 11.0. The van der Waals surface area contributed by atoms with Crippen LogP contribution in [0.25, 0.3) is 0 Å². The van der Waals surface area contributed by atoms with Crippen molar-refractivity contribution < 1.29 is 8.78 Å². The van der Waals surface area contributed by atoms with Gasteiger partial charge in [0.15, 0.2) is 5.96 Å². The fourth-order valence-electron chi connectivity index (χ4n) is 3.33. The van der Waals surface area contributed by atoms with Crippen LogP contribution < -0.4 is 10.6 Å². The van der Waals surface area contributed by atoms with Gasteiger partial charge in [-0.05, 0) is 33.9 Å². The summed E-state index contributed by atoms with van der Waals surface area (Å²) in [6, 6.07) is 0.398. The molecule has 2 rings (SSSR count). The number of alkyl halides is 2. The Balaban J connectivity index is 1.93. The molecule has 0 saturated carbocycles. The standard InChI is InChI=1S/C18H33F2N7/c1-5-21-18(24-15-6-8-27(9-7-15)13-17(19)20)22-11-16(25(2)3)14-10-23-26(4)12-14/h10,12,15-17H,5-9,11,13H2,1-4H3,(H2,21,22,24). The highest BCUT2D eigenvalue weighted by Crippen LogP contribution is 2.18. The summed E-state index contributed by atoms with van der Waals surface area (Å²) in [6.45, 7) is 4.67. The molecule has 9 heteroatoms. The first-order valence-corrected chi connectivity index (χ1v) is 9.59. The van der Waals surface area contributed by atoms with Gasteiger partial charge in [-0.3, -0.25) is 14.6 Å². The molecule has 0 radical (unpaired) electrons. The number of hydrogen-bond acceptors (Lipinski definition) is 4. The van der Waals surface area contributed by atoms with E-state index in [9.17, 15) is 8.78 Å². The summed E-state index contributed by atoms with van der Waals surface area (Å²) < 4.78 is 26.8. The predicted octanol–water partition coefficient (Wildman–Crippen LogP) is 1.31. The number of likely N-dealkylation sites (N-methyl/N-ethyl adjacent to an activating group) is 1. The van der Waals surface area contributed by atoms with E-state index < -0.39 is 6.43 Å². The number of halogens is 2. The normalized spacial score (nSPS) is 18.3. The van der Waals surface area contributed by atoms with Gasteiger partial charge in [0.05, 0.1) is 25.3 Å². The summed E-state index contributed by atoms with van der Waals surface area (Å²) in [5.74, 6) is 0.778. The molecule has 0 aromatic carbocycles. The van der Waals surface area contributed by atoms with Crippen molar-refractivity contribution in [2.45, 2.75) is 38.3 Å². The highest BCUT2D eigenvalue weighted by atomic mass is 19.3. The Labute approximate surface area is 160 Å². The molecule has 1 fully saturated rings. The SMILES string of the molecule is CCNC(=NCC(c1cnn(C)c1)N(C)C)NC1CCN(CC(F)F)CC1. The molecule has 2 heterocycles. The van der Waals surface area contributed by atoms with Crippen molar-refractivity contribution in [1.82, 2.24) is 30.2 Å². The minimum Gasteiger partial charge on any atom is -0.357 e. The molecule has 1 aliphatic rings. The molecule has 1 atom stereocenters. The van der Waals surface area contributed by atoms with Crippen LogP contribution in [0.2, 0.25) is 0 Å². The Bertz CT molecular complexity index is 580. The third kappa shape index (κ3) is 7.06. The number of nitrogens with zero attached hydrogens (tertiary/aromatic N) is 5. The van der Waals surface area contributed by atoms with Crippen molar-refractivity contribution in [3.05, 3.63) is 18.0 Å². The lowest BCUT2D eigenvalue weighted by Crippen LogP contribution is -2.49. The first kappa shape index (κ1) is 21.6. The smallest absolute Gasteiger partial charge is 0.251 e. The van der Waals surface area contributed by atoms with Crippen LogP contribution >= 0.6 is 0 Å². The Kier molecular flexibility index (Phi) is 8.43. The fraction of sp³-hybridized carbons (Fsp3) is 0.778. The van der Waals surface area contributed by atoms with Crippen LogP contribution in [0.1, 0.15) is 31.4 Å². The summed E-state index contributed by atoms with van der Waals surface area (Å²) in [4.78, 5) is 8.73. The second kappa shape index (κ2) is 10.6. The van der Waals surface area contributed by atoms with Crippen molar-refractivity contribution in [3.8, 4) is 0 Å². The zero-order valence-electron chi connectivity index (χ0n) is 16.8. The summed E-state index contributed by atoms with van der Waals surface area (Å²) in [5.41, 5.74) is 1.13. The molecule has 1 aromatic heterocycles. The van der Waals surface area contributed by atoms with E-state index in [0.29, 0.717) is 19.6 Å².